The molecular formula is C35H31F3N2O. The van der Waals surface area contributed by atoms with Gasteiger partial charge in [-0.05, 0) is 42.3 Å². The largest absolute Gasteiger partial charge is 0.416 e. The zero-order valence-electron chi connectivity index (χ0n) is 22.8. The highest BCUT2D eigenvalue weighted by Gasteiger charge is 2.35. The van der Waals surface area contributed by atoms with Crippen molar-refractivity contribution in [3.63, 3.8) is 0 Å². The van der Waals surface area contributed by atoms with Gasteiger partial charge in [0.1, 0.15) is 0 Å². The molecule has 4 aromatic carbocycles. The van der Waals surface area contributed by atoms with E-state index in [-0.39, 0.29) is 11.4 Å². The molecule has 0 amide bonds. The van der Waals surface area contributed by atoms with Crippen LogP contribution in [0.3, 0.4) is 0 Å². The van der Waals surface area contributed by atoms with Crippen LogP contribution in [-0.4, -0.2) is 25.0 Å². The molecule has 0 N–H and O–H groups in total. The van der Waals surface area contributed by atoms with Crippen molar-refractivity contribution in [2.45, 2.75) is 13.1 Å². The first-order valence-corrected chi connectivity index (χ1v) is 13.2. The van der Waals surface area contributed by atoms with Crippen LogP contribution in [0.2, 0.25) is 0 Å². The molecule has 0 bridgehead atoms. The fourth-order valence-electron chi connectivity index (χ4n) is 4.39. The van der Waals surface area contributed by atoms with Crippen LogP contribution >= 0.6 is 0 Å². The summed E-state index contributed by atoms with van der Waals surface area (Å²) >= 11 is 0. The summed E-state index contributed by atoms with van der Waals surface area (Å²) < 4.78 is 41.8. The van der Waals surface area contributed by atoms with Gasteiger partial charge in [-0.15, -0.1) is 0 Å². The van der Waals surface area contributed by atoms with E-state index < -0.39 is 11.7 Å². The Bertz CT molecular complexity index is 1500. The lowest BCUT2D eigenvalue weighted by atomic mass is 9.99. The van der Waals surface area contributed by atoms with Crippen LogP contribution in [0, 0.1) is 0 Å². The lowest BCUT2D eigenvalue weighted by Gasteiger charge is -2.28. The molecule has 0 unspecified atom stereocenters. The summed E-state index contributed by atoms with van der Waals surface area (Å²) in [6, 6.07) is 36.7. The van der Waals surface area contributed by atoms with Gasteiger partial charge in [-0.3, -0.25) is 4.79 Å². The van der Waals surface area contributed by atoms with Gasteiger partial charge in [0.25, 0.3) is 0 Å². The molecule has 0 radical (unpaired) electrons. The molecule has 0 heterocycles. The van der Waals surface area contributed by atoms with E-state index in [0.29, 0.717) is 24.2 Å². The van der Waals surface area contributed by atoms with Gasteiger partial charge in [-0.1, -0.05) is 104 Å². The number of alkyl halides is 3. The second-order valence-electron chi connectivity index (χ2n) is 9.41. The Balaban J connectivity index is 1.77. The average molecular weight is 553 g/mol. The van der Waals surface area contributed by atoms with E-state index >= 15 is 0 Å². The van der Waals surface area contributed by atoms with Crippen molar-refractivity contribution in [3.8, 4) is 0 Å². The van der Waals surface area contributed by atoms with Crippen molar-refractivity contribution in [2.75, 3.05) is 22.9 Å². The molecule has 4 aromatic rings. The Morgan fingerprint density at radius 1 is 0.634 bits per heavy atom. The molecule has 208 valence electrons. The minimum atomic E-state index is -4.60. The van der Waals surface area contributed by atoms with Gasteiger partial charge in [-0.25, -0.2) is 0 Å². The van der Waals surface area contributed by atoms with Crippen molar-refractivity contribution >= 4 is 28.3 Å². The molecule has 0 saturated heterocycles. The number of hydrogen-bond donors (Lipinski definition) is 0. The minimum Gasteiger partial charge on any atom is -0.346 e. The van der Waals surface area contributed by atoms with Gasteiger partial charge in [0, 0.05) is 48.0 Å². The zero-order valence-corrected chi connectivity index (χ0v) is 22.8. The topological polar surface area (TPSA) is 23.6 Å². The van der Waals surface area contributed by atoms with E-state index in [9.17, 15) is 18.0 Å². The predicted octanol–water partition coefficient (Wildman–Crippen LogP) is 8.79. The number of hydrogen-bond acceptors (Lipinski definition) is 3. The number of allylic oxidation sites excluding steroid dienone is 3. The Morgan fingerprint density at radius 3 is 1.34 bits per heavy atom. The van der Waals surface area contributed by atoms with Gasteiger partial charge in [0.05, 0.1) is 5.57 Å². The second kappa shape index (κ2) is 13.5. The fraction of sp³-hybridized carbons (Fsp3) is 0.114. The van der Waals surface area contributed by atoms with Crippen LogP contribution in [0.1, 0.15) is 18.1 Å². The zero-order chi connectivity index (χ0) is 29.2. The molecule has 0 aromatic heterocycles. The van der Waals surface area contributed by atoms with Gasteiger partial charge in [0.15, 0.2) is 5.78 Å². The molecule has 0 saturated carbocycles. The van der Waals surface area contributed by atoms with Crippen molar-refractivity contribution in [3.05, 3.63) is 157 Å². The second-order valence-corrected chi connectivity index (χ2v) is 9.41. The smallest absolute Gasteiger partial charge is 0.346 e. The van der Waals surface area contributed by atoms with E-state index in [1.54, 1.807) is 35.2 Å². The maximum absolute atomic E-state index is 13.9. The van der Waals surface area contributed by atoms with Crippen LogP contribution in [0.25, 0.3) is 11.1 Å². The number of ketones is 1. The highest BCUT2D eigenvalue weighted by Crippen LogP contribution is 2.36. The van der Waals surface area contributed by atoms with Crippen LogP contribution in [0.5, 0.6) is 0 Å². The Hall–Kier alpha value is -4.84. The molecule has 0 aliphatic rings. The van der Waals surface area contributed by atoms with E-state index in [0.717, 1.165) is 16.9 Å². The maximum Gasteiger partial charge on any atom is 0.416 e. The summed E-state index contributed by atoms with van der Waals surface area (Å²) in [7, 11) is 0. The average Bonchev–Trinajstić information content (AvgIpc) is 2.99. The number of nitrogens with zero attached hydrogens (tertiary/aromatic N) is 2. The molecule has 0 fully saturated rings. The van der Waals surface area contributed by atoms with Crippen molar-refractivity contribution < 1.29 is 18.0 Å². The number of rotatable bonds is 11. The summed E-state index contributed by atoms with van der Waals surface area (Å²) in [5.74, 6) is -0.0928. The van der Waals surface area contributed by atoms with Gasteiger partial charge < -0.3 is 9.80 Å². The predicted molar refractivity (Wildman–Crippen MR) is 162 cm³/mol. The molecule has 6 heteroatoms. The van der Waals surface area contributed by atoms with Gasteiger partial charge in [-0.2, -0.15) is 13.2 Å². The first-order chi connectivity index (χ1) is 19.7. The third kappa shape index (κ3) is 7.85. The summed E-state index contributed by atoms with van der Waals surface area (Å²) in [5, 5.41) is 0. The molecular weight excluding hydrogens is 521 g/mol. The Labute approximate surface area is 239 Å². The van der Waals surface area contributed by atoms with E-state index in [1.807, 2.05) is 102 Å². The van der Waals surface area contributed by atoms with E-state index in [2.05, 4.69) is 6.58 Å². The number of halogens is 3. The molecule has 3 nitrogen and oxygen atoms in total. The van der Waals surface area contributed by atoms with Crippen molar-refractivity contribution in [1.82, 2.24) is 0 Å². The number of Topliss-reactive ketones (excluding diaryl/α,β-unsaturated/α-hetero) is 1. The highest BCUT2D eigenvalue weighted by atomic mass is 19.4. The molecule has 41 heavy (non-hydrogen) atoms. The molecule has 0 aliphatic carbocycles. The maximum atomic E-state index is 13.9. The minimum absolute atomic E-state index is 0.0162. The highest BCUT2D eigenvalue weighted by molar-refractivity contribution is 6.19. The van der Waals surface area contributed by atoms with Crippen molar-refractivity contribution in [2.24, 2.45) is 0 Å². The molecule has 4 rings (SSSR count). The number of anilines is 2. The standard InChI is InChI=1S/C35H31F3N2O/c1-27(35(36,37)38)33(29-15-7-3-8-16-29)25-39(31-19-11-5-12-20-31)23-24-40(32-21-13-6-14-22-32)26-34(28(2)41)30-17-9-4-10-18-30/h3-22,25-26H,1,23-24H2,2H3/b33-25+,34-26+. The SMILES string of the molecule is C=C(/C(=C\N(CCN(/C=C(\C(C)=O)c1ccccc1)c1ccccc1)c1ccccc1)c1ccccc1)C(F)(F)F. The summed E-state index contributed by atoms with van der Waals surface area (Å²) in [6.45, 7) is 5.62. The Morgan fingerprint density at radius 2 is 0.976 bits per heavy atom. The number of benzene rings is 4. The quantitative estimate of drug-likeness (QED) is 0.137. The first kappa shape index (κ1) is 29.2. The van der Waals surface area contributed by atoms with Crippen LogP contribution in [-0.2, 0) is 4.79 Å². The van der Waals surface area contributed by atoms with Crippen LogP contribution in [0.4, 0.5) is 24.5 Å². The number of carbonyl (C=O) groups excluding carboxylic acids is 1. The van der Waals surface area contributed by atoms with Gasteiger partial charge >= 0.3 is 6.18 Å². The van der Waals surface area contributed by atoms with Gasteiger partial charge in [0.2, 0.25) is 0 Å². The van der Waals surface area contributed by atoms with E-state index in [4.69, 9.17) is 0 Å². The molecule has 0 atom stereocenters. The van der Waals surface area contributed by atoms with Crippen molar-refractivity contribution in [1.29, 1.82) is 0 Å². The number of carbonyl (C=O) groups is 1. The Kier molecular flexibility index (Phi) is 9.59. The summed E-state index contributed by atoms with van der Waals surface area (Å²) in [4.78, 5) is 16.5. The van der Waals surface area contributed by atoms with Crippen LogP contribution < -0.4 is 9.80 Å². The van der Waals surface area contributed by atoms with E-state index in [1.165, 1.54) is 13.1 Å². The lowest BCUT2D eigenvalue weighted by molar-refractivity contribution is -0.111. The third-order valence-electron chi connectivity index (χ3n) is 6.54. The lowest BCUT2D eigenvalue weighted by Crippen LogP contribution is -2.30. The van der Waals surface area contributed by atoms with Crippen LogP contribution in [0.15, 0.2) is 146 Å². The first-order valence-electron chi connectivity index (χ1n) is 13.2. The number of para-hydroxylation sites is 2. The molecule has 0 aliphatic heterocycles. The third-order valence-corrected chi connectivity index (χ3v) is 6.54. The fourth-order valence-corrected chi connectivity index (χ4v) is 4.39. The molecule has 0 spiro atoms. The monoisotopic (exact) mass is 552 g/mol. The normalized spacial score (nSPS) is 12.1. The summed E-state index contributed by atoms with van der Waals surface area (Å²) in [5.41, 5.74) is 2.37. The summed E-state index contributed by atoms with van der Waals surface area (Å²) in [6.07, 6.45) is -1.28.